The molecule has 9 nitrogen and oxygen atoms in total. The van der Waals surface area contributed by atoms with Gasteiger partial charge in [0.2, 0.25) is 0 Å². The summed E-state index contributed by atoms with van der Waals surface area (Å²) in [5, 5.41) is 13.1. The minimum Gasteiger partial charge on any atom is -0.292 e. The highest BCUT2D eigenvalue weighted by Gasteiger charge is 2.68. The van der Waals surface area contributed by atoms with Crippen molar-refractivity contribution in [3.05, 3.63) is 88.0 Å². The quantitative estimate of drug-likeness (QED) is 0.189. The molecule has 2 bridgehead atoms. The molecule has 3 fully saturated rings. The summed E-state index contributed by atoms with van der Waals surface area (Å²) < 4.78 is 0. The van der Waals surface area contributed by atoms with Gasteiger partial charge in [-0.25, -0.2) is 5.01 Å². The molecule has 0 aromatic heterocycles. The lowest BCUT2D eigenvalue weighted by Crippen LogP contribution is -2.57. The number of imide groups is 1. The van der Waals surface area contributed by atoms with Gasteiger partial charge in [-0.2, -0.15) is 5.01 Å². The highest BCUT2D eigenvalue weighted by molar-refractivity contribution is 6.11. The van der Waals surface area contributed by atoms with Crippen LogP contribution in [0.5, 0.6) is 0 Å². The third-order valence-electron chi connectivity index (χ3n) is 8.43. The average Bonchev–Trinajstić information content (AvgIpc) is 3.71. The van der Waals surface area contributed by atoms with Crippen molar-refractivity contribution in [2.24, 2.45) is 35.5 Å². The molecule has 2 saturated carbocycles. The van der Waals surface area contributed by atoms with Crippen LogP contribution in [0.3, 0.4) is 0 Å². The summed E-state index contributed by atoms with van der Waals surface area (Å²) in [6, 6.07) is 12.3. The van der Waals surface area contributed by atoms with Gasteiger partial charge in [-0.3, -0.25) is 29.3 Å². The molecular weight excluding hydrogens is 474 g/mol. The maximum Gasteiger partial charge on any atom is 0.273 e. The number of nitro benzene ring substituents is 1. The molecule has 7 atom stereocenters. The Kier molecular flexibility index (Phi) is 5.33. The second-order valence-corrected chi connectivity index (χ2v) is 10.3. The van der Waals surface area contributed by atoms with E-state index in [1.54, 1.807) is 37.3 Å². The Balaban J connectivity index is 1.42. The lowest BCUT2D eigenvalue weighted by Gasteiger charge is -2.37. The summed E-state index contributed by atoms with van der Waals surface area (Å²) in [5.41, 5.74) is 0.205. The summed E-state index contributed by atoms with van der Waals surface area (Å²) in [7, 11) is 0. The number of carbonyl (C=O) groups is 4. The zero-order chi connectivity index (χ0) is 26.0. The van der Waals surface area contributed by atoms with Crippen molar-refractivity contribution in [3.63, 3.8) is 0 Å². The maximum atomic E-state index is 13.9. The second-order valence-electron chi connectivity index (χ2n) is 10.3. The van der Waals surface area contributed by atoms with Gasteiger partial charge in [0.05, 0.1) is 16.8 Å². The summed E-state index contributed by atoms with van der Waals surface area (Å²) in [5.74, 6) is -2.39. The molecule has 3 amide bonds. The molecule has 0 unspecified atom stereocenters. The predicted molar refractivity (Wildman–Crippen MR) is 131 cm³/mol. The van der Waals surface area contributed by atoms with Crippen LogP contribution in [0.15, 0.2) is 66.7 Å². The summed E-state index contributed by atoms with van der Waals surface area (Å²) >= 11 is 0. The molecule has 9 heteroatoms. The van der Waals surface area contributed by atoms with Crippen molar-refractivity contribution in [2.45, 2.75) is 25.8 Å². The van der Waals surface area contributed by atoms with E-state index in [2.05, 4.69) is 0 Å². The largest absolute Gasteiger partial charge is 0.292 e. The molecule has 37 heavy (non-hydrogen) atoms. The number of nitrogens with zero attached hydrogens (tertiary/aromatic N) is 3. The topological polar surface area (TPSA) is 118 Å². The van der Waals surface area contributed by atoms with Crippen molar-refractivity contribution in [3.8, 4) is 0 Å². The number of nitro groups is 1. The molecule has 0 N–H and O–H groups in total. The van der Waals surface area contributed by atoms with Crippen LogP contribution in [-0.2, 0) is 9.59 Å². The van der Waals surface area contributed by atoms with Crippen LogP contribution in [0, 0.1) is 45.6 Å². The van der Waals surface area contributed by atoms with E-state index < -0.39 is 46.3 Å². The second kappa shape index (κ2) is 8.47. The van der Waals surface area contributed by atoms with Crippen molar-refractivity contribution in [1.29, 1.82) is 0 Å². The maximum absolute atomic E-state index is 13.9. The lowest BCUT2D eigenvalue weighted by molar-refractivity contribution is -0.384. The van der Waals surface area contributed by atoms with Gasteiger partial charge in [-0.1, -0.05) is 49.4 Å². The predicted octanol–water partition coefficient (Wildman–Crippen LogP) is 3.67. The number of rotatable bonds is 7. The molecule has 0 spiro atoms. The highest BCUT2D eigenvalue weighted by Crippen LogP contribution is 2.65. The van der Waals surface area contributed by atoms with E-state index in [9.17, 15) is 29.3 Å². The third-order valence-corrected chi connectivity index (χ3v) is 8.43. The van der Waals surface area contributed by atoms with E-state index in [1.165, 1.54) is 24.3 Å². The molecule has 2 aromatic carbocycles. The van der Waals surface area contributed by atoms with Crippen LogP contribution in [0.25, 0.3) is 0 Å². The standard InChI is InChI=1S/C28H25N3O6/c1-2-22(25(32)15-6-4-3-5-7-15)29(26(33)16-8-10-17(11-9-16)31(36)37)30-27(34)23-18-12-13-19(21-14-20(18)21)24(23)28(30)35/h3-13,18-24H,2,14H2,1H3/t18-,19-,20-,21-,22+,23-,24+/m0/s1. The van der Waals surface area contributed by atoms with Gasteiger partial charge in [-0.05, 0) is 48.6 Å². The summed E-state index contributed by atoms with van der Waals surface area (Å²) in [6.07, 6.45) is 5.26. The molecule has 5 aliphatic rings. The number of non-ortho nitro benzene ring substituents is 1. The van der Waals surface area contributed by atoms with Crippen LogP contribution in [-0.4, -0.2) is 44.5 Å². The van der Waals surface area contributed by atoms with Crippen molar-refractivity contribution in [1.82, 2.24) is 10.0 Å². The Morgan fingerprint density at radius 2 is 1.51 bits per heavy atom. The van der Waals surface area contributed by atoms with Gasteiger partial charge in [-0.15, -0.1) is 0 Å². The van der Waals surface area contributed by atoms with Crippen LogP contribution >= 0.6 is 0 Å². The Bertz CT molecular complexity index is 1320. The number of allylic oxidation sites excluding steroid dienone is 2. The molecule has 1 saturated heterocycles. The highest BCUT2D eigenvalue weighted by atomic mass is 16.6. The first-order valence-electron chi connectivity index (χ1n) is 12.6. The third kappa shape index (κ3) is 3.44. The first-order valence-corrected chi connectivity index (χ1v) is 12.6. The van der Waals surface area contributed by atoms with Gasteiger partial charge < -0.3 is 0 Å². The van der Waals surface area contributed by atoms with Crippen molar-refractivity contribution < 1.29 is 24.1 Å². The van der Waals surface area contributed by atoms with E-state index in [0.29, 0.717) is 17.4 Å². The lowest BCUT2D eigenvalue weighted by atomic mass is 9.63. The Hall–Kier alpha value is -4.14. The zero-order valence-electron chi connectivity index (χ0n) is 20.1. The molecule has 1 heterocycles. The molecule has 2 aromatic rings. The molecular formula is C28H25N3O6. The Morgan fingerprint density at radius 1 is 0.946 bits per heavy atom. The number of amides is 3. The van der Waals surface area contributed by atoms with Crippen LogP contribution in [0.4, 0.5) is 5.69 Å². The number of hydrazine groups is 1. The number of ketones is 1. The van der Waals surface area contributed by atoms with Crippen LogP contribution < -0.4 is 0 Å². The van der Waals surface area contributed by atoms with E-state index >= 15 is 0 Å². The first kappa shape index (κ1) is 23.3. The number of Topliss-reactive ketones (excluding diaryl/α,β-unsaturated/α-hetero) is 1. The van der Waals surface area contributed by atoms with Crippen LogP contribution in [0.1, 0.15) is 40.5 Å². The molecule has 4 aliphatic carbocycles. The Labute approximate surface area is 212 Å². The van der Waals surface area contributed by atoms with Crippen LogP contribution in [0.2, 0.25) is 0 Å². The number of hydrogen-bond acceptors (Lipinski definition) is 6. The van der Waals surface area contributed by atoms with Gasteiger partial charge >= 0.3 is 0 Å². The molecule has 1 aliphatic heterocycles. The number of carbonyl (C=O) groups excluding carboxylic acids is 4. The normalized spacial score (nSPS) is 29.5. The number of benzene rings is 2. The first-order chi connectivity index (χ1) is 17.8. The summed E-state index contributed by atoms with van der Waals surface area (Å²) in [4.78, 5) is 65.9. The van der Waals surface area contributed by atoms with Crippen molar-refractivity contribution in [2.75, 3.05) is 0 Å². The van der Waals surface area contributed by atoms with Gasteiger partial charge in [0.1, 0.15) is 6.04 Å². The van der Waals surface area contributed by atoms with Gasteiger partial charge in [0.25, 0.3) is 23.4 Å². The fourth-order valence-electron chi connectivity index (χ4n) is 6.65. The van der Waals surface area contributed by atoms with E-state index in [0.717, 1.165) is 16.4 Å². The van der Waals surface area contributed by atoms with Crippen molar-refractivity contribution >= 4 is 29.2 Å². The average molecular weight is 500 g/mol. The smallest absolute Gasteiger partial charge is 0.273 e. The fourth-order valence-corrected chi connectivity index (χ4v) is 6.65. The Morgan fingerprint density at radius 3 is 2.03 bits per heavy atom. The molecule has 7 rings (SSSR count). The van der Waals surface area contributed by atoms with E-state index in [1.807, 2.05) is 12.2 Å². The molecule has 188 valence electrons. The minimum atomic E-state index is -1.11. The fraction of sp³-hybridized carbons (Fsp3) is 0.357. The monoisotopic (exact) mass is 499 g/mol. The van der Waals surface area contributed by atoms with Gasteiger partial charge in [0, 0.05) is 23.3 Å². The molecule has 0 radical (unpaired) electrons. The minimum absolute atomic E-state index is 0.0392. The van der Waals surface area contributed by atoms with E-state index in [4.69, 9.17) is 0 Å². The van der Waals surface area contributed by atoms with Gasteiger partial charge in [0.15, 0.2) is 5.78 Å². The SMILES string of the molecule is CC[C@H](C(=O)c1ccccc1)N(C(=O)c1ccc([N+](=O)[O-])cc1)N1C(=O)[C@@H]2[C@H]3C=C[C@@H]([C@@H]4C[C@@H]34)[C@@H]2C1=O. The van der Waals surface area contributed by atoms with E-state index in [-0.39, 0.29) is 29.5 Å². The summed E-state index contributed by atoms with van der Waals surface area (Å²) in [6.45, 7) is 1.72. The number of hydrogen-bond donors (Lipinski definition) is 0. The zero-order valence-corrected chi connectivity index (χ0v) is 20.1.